The Morgan fingerprint density at radius 1 is 1.53 bits per heavy atom. The van der Waals surface area contributed by atoms with Gasteiger partial charge in [0.05, 0.1) is 11.8 Å². The van der Waals surface area contributed by atoms with Crippen LogP contribution in [0.25, 0.3) is 0 Å². The van der Waals surface area contributed by atoms with Crippen molar-refractivity contribution < 1.29 is 9.59 Å². The molecule has 0 aromatic carbocycles. The van der Waals surface area contributed by atoms with Crippen molar-refractivity contribution in [3.05, 3.63) is 22.8 Å². The van der Waals surface area contributed by atoms with Gasteiger partial charge in [0, 0.05) is 17.7 Å². The van der Waals surface area contributed by atoms with Crippen LogP contribution in [0.5, 0.6) is 0 Å². The van der Waals surface area contributed by atoms with Crippen molar-refractivity contribution in [1.82, 2.24) is 9.88 Å². The number of rotatable bonds is 5. The Kier molecular flexibility index (Phi) is 6.30. The predicted molar refractivity (Wildman–Crippen MR) is 81.2 cm³/mol. The molecule has 0 spiro atoms. The summed E-state index contributed by atoms with van der Waals surface area (Å²) >= 11 is 4.72. The molecule has 1 aromatic rings. The Morgan fingerprint density at radius 3 is 2.74 bits per heavy atom. The average Bonchev–Trinajstić information content (AvgIpc) is 2.39. The fraction of sp³-hybridized carbons (Fsp3) is 0.417. The molecule has 19 heavy (non-hydrogen) atoms. The lowest BCUT2D eigenvalue weighted by molar-refractivity contribution is -0.132. The van der Waals surface area contributed by atoms with E-state index in [4.69, 9.17) is 0 Å². The lowest BCUT2D eigenvalue weighted by Crippen LogP contribution is -2.38. The van der Waals surface area contributed by atoms with Gasteiger partial charge in [0.1, 0.15) is 5.82 Å². The minimum Gasteiger partial charge on any atom is -0.335 e. The topological polar surface area (TPSA) is 62.3 Å². The minimum atomic E-state index is -0.265. The van der Waals surface area contributed by atoms with Crippen molar-refractivity contribution in [1.29, 1.82) is 0 Å². The molecule has 0 aliphatic rings. The fourth-order valence-electron chi connectivity index (χ4n) is 1.34. The number of halogens is 1. The molecular formula is C12H16BrN3O2S. The Balaban J connectivity index is 2.51. The molecule has 0 unspecified atom stereocenters. The van der Waals surface area contributed by atoms with E-state index in [-0.39, 0.29) is 23.6 Å². The molecule has 0 aliphatic carbocycles. The van der Waals surface area contributed by atoms with Gasteiger partial charge >= 0.3 is 0 Å². The summed E-state index contributed by atoms with van der Waals surface area (Å²) in [5.41, 5.74) is 0. The van der Waals surface area contributed by atoms with Gasteiger partial charge in [-0.05, 0) is 41.2 Å². The molecule has 1 heterocycles. The second kappa shape index (κ2) is 7.49. The van der Waals surface area contributed by atoms with Crippen LogP contribution in [-0.2, 0) is 9.59 Å². The summed E-state index contributed by atoms with van der Waals surface area (Å²) in [5, 5.41) is 2.49. The zero-order chi connectivity index (χ0) is 14.4. The van der Waals surface area contributed by atoms with Crippen LogP contribution >= 0.6 is 27.7 Å². The molecule has 1 atom stereocenters. The third-order valence-electron chi connectivity index (χ3n) is 2.45. The van der Waals surface area contributed by atoms with Crippen LogP contribution in [0.4, 0.5) is 5.82 Å². The third-order valence-corrected chi connectivity index (χ3v) is 3.83. The third kappa shape index (κ3) is 5.20. The summed E-state index contributed by atoms with van der Waals surface area (Å²) in [5.74, 6) is 0.136. The highest BCUT2D eigenvalue weighted by molar-refractivity contribution is 9.10. The van der Waals surface area contributed by atoms with Crippen molar-refractivity contribution in [3.63, 3.8) is 0 Å². The summed E-state index contributed by atoms with van der Waals surface area (Å²) < 4.78 is 0.839. The molecule has 0 bridgehead atoms. The number of hydrogen-bond donors (Lipinski definition) is 1. The van der Waals surface area contributed by atoms with Crippen molar-refractivity contribution >= 4 is 45.3 Å². The van der Waals surface area contributed by atoms with Gasteiger partial charge in [-0.3, -0.25) is 9.59 Å². The van der Waals surface area contributed by atoms with Crippen LogP contribution in [0.2, 0.25) is 0 Å². The van der Waals surface area contributed by atoms with E-state index in [0.717, 1.165) is 4.47 Å². The Labute approximate surface area is 125 Å². The normalized spacial score (nSPS) is 11.8. The van der Waals surface area contributed by atoms with Gasteiger partial charge in [-0.15, -0.1) is 0 Å². The first kappa shape index (κ1) is 16.0. The van der Waals surface area contributed by atoms with Gasteiger partial charge in [-0.1, -0.05) is 0 Å². The van der Waals surface area contributed by atoms with Crippen molar-refractivity contribution in [2.45, 2.75) is 12.2 Å². The highest BCUT2D eigenvalue weighted by Crippen LogP contribution is 2.11. The first-order chi connectivity index (χ1) is 8.93. The maximum Gasteiger partial charge on any atom is 0.245 e. The molecule has 0 saturated heterocycles. The minimum absolute atomic E-state index is 0.0154. The molecule has 1 N–H and O–H groups in total. The molecule has 0 saturated carbocycles. The Morgan fingerprint density at radius 2 is 2.21 bits per heavy atom. The molecule has 0 radical (unpaired) electrons. The van der Waals surface area contributed by atoms with Crippen molar-refractivity contribution in [2.24, 2.45) is 0 Å². The molecule has 1 rings (SSSR count). The first-order valence-electron chi connectivity index (χ1n) is 5.63. The van der Waals surface area contributed by atoms with E-state index >= 15 is 0 Å². The van der Waals surface area contributed by atoms with E-state index in [9.17, 15) is 9.59 Å². The number of likely N-dealkylation sites (N-methyl/N-ethyl adjacent to an activating group) is 1. The highest BCUT2D eigenvalue weighted by Gasteiger charge is 2.18. The highest BCUT2D eigenvalue weighted by atomic mass is 79.9. The van der Waals surface area contributed by atoms with Gasteiger partial charge in [0.2, 0.25) is 11.8 Å². The van der Waals surface area contributed by atoms with E-state index < -0.39 is 0 Å². The van der Waals surface area contributed by atoms with Crippen LogP contribution in [-0.4, -0.2) is 46.8 Å². The summed E-state index contributed by atoms with van der Waals surface area (Å²) in [6.45, 7) is 1.83. The molecule has 2 amide bonds. The SMILES string of the molecule is CS[C@@H](C)C(=O)N(C)CC(=O)Nc1ccc(Br)cn1. The van der Waals surface area contributed by atoms with E-state index in [1.165, 1.54) is 16.7 Å². The molecular weight excluding hydrogens is 330 g/mol. The van der Waals surface area contributed by atoms with Crippen LogP contribution in [0.1, 0.15) is 6.92 Å². The summed E-state index contributed by atoms with van der Waals surface area (Å²) in [6.07, 6.45) is 3.46. The van der Waals surface area contributed by atoms with Gasteiger partial charge in [0.25, 0.3) is 0 Å². The number of nitrogens with zero attached hydrogens (tertiary/aromatic N) is 2. The molecule has 1 aromatic heterocycles. The number of carbonyl (C=O) groups is 2. The monoisotopic (exact) mass is 345 g/mol. The van der Waals surface area contributed by atoms with Crippen molar-refractivity contribution in [3.8, 4) is 0 Å². The number of thioether (sulfide) groups is 1. The molecule has 0 aliphatic heterocycles. The maximum atomic E-state index is 11.8. The molecule has 5 nitrogen and oxygen atoms in total. The van der Waals surface area contributed by atoms with Gasteiger partial charge < -0.3 is 10.2 Å². The zero-order valence-corrected chi connectivity index (χ0v) is 13.4. The number of amides is 2. The molecule has 0 fully saturated rings. The summed E-state index contributed by atoms with van der Waals surface area (Å²) in [7, 11) is 1.61. The second-order valence-electron chi connectivity index (χ2n) is 3.98. The average molecular weight is 346 g/mol. The van der Waals surface area contributed by atoms with Gasteiger partial charge in [-0.2, -0.15) is 11.8 Å². The summed E-state index contributed by atoms with van der Waals surface area (Å²) in [4.78, 5) is 29.0. The number of nitrogens with one attached hydrogen (secondary N) is 1. The maximum absolute atomic E-state index is 11.8. The van der Waals surface area contributed by atoms with Crippen LogP contribution in [0.15, 0.2) is 22.8 Å². The quantitative estimate of drug-likeness (QED) is 0.886. The standard InChI is InChI=1S/C12H16BrN3O2S/c1-8(19-3)12(18)16(2)7-11(17)15-10-5-4-9(13)6-14-10/h4-6,8H,7H2,1-3H3,(H,14,15,17)/t8-/m0/s1. The van der Waals surface area contributed by atoms with Crippen molar-refractivity contribution in [2.75, 3.05) is 25.2 Å². The number of hydrogen-bond acceptors (Lipinski definition) is 4. The largest absolute Gasteiger partial charge is 0.335 e. The number of anilines is 1. The lowest BCUT2D eigenvalue weighted by Gasteiger charge is -2.19. The van der Waals surface area contributed by atoms with Gasteiger partial charge in [0.15, 0.2) is 0 Å². The first-order valence-corrected chi connectivity index (χ1v) is 7.71. The zero-order valence-electron chi connectivity index (χ0n) is 11.0. The van der Waals surface area contributed by atoms with Crippen LogP contribution < -0.4 is 5.32 Å². The molecule has 7 heteroatoms. The van der Waals surface area contributed by atoms with E-state index in [0.29, 0.717) is 5.82 Å². The molecule has 104 valence electrons. The fourth-order valence-corrected chi connectivity index (χ4v) is 1.95. The Hall–Kier alpha value is -1.08. The lowest BCUT2D eigenvalue weighted by atomic mass is 10.4. The second-order valence-corrected chi connectivity index (χ2v) is 6.08. The summed E-state index contributed by atoms with van der Waals surface area (Å²) in [6, 6.07) is 3.47. The van der Waals surface area contributed by atoms with E-state index in [2.05, 4.69) is 26.2 Å². The van der Waals surface area contributed by atoms with Gasteiger partial charge in [-0.25, -0.2) is 4.98 Å². The van der Waals surface area contributed by atoms with E-state index in [1.54, 1.807) is 25.4 Å². The van der Waals surface area contributed by atoms with E-state index in [1.807, 2.05) is 13.2 Å². The smallest absolute Gasteiger partial charge is 0.245 e. The number of pyridine rings is 1. The van der Waals surface area contributed by atoms with Crippen LogP contribution in [0, 0.1) is 0 Å². The number of aromatic nitrogens is 1. The number of carbonyl (C=O) groups excluding carboxylic acids is 2. The van der Waals surface area contributed by atoms with Crippen LogP contribution in [0.3, 0.4) is 0 Å². The Bertz CT molecular complexity index is 453. The predicted octanol–water partition coefficient (Wildman–Crippen LogP) is 1.99.